The fourth-order valence-electron chi connectivity index (χ4n) is 6.07. The lowest BCUT2D eigenvalue weighted by Gasteiger charge is -2.19. The van der Waals surface area contributed by atoms with Crippen molar-refractivity contribution in [2.24, 2.45) is 5.73 Å². The van der Waals surface area contributed by atoms with Crippen molar-refractivity contribution in [2.45, 2.75) is 213 Å². The summed E-state index contributed by atoms with van der Waals surface area (Å²) in [6, 6.07) is 0. The first-order chi connectivity index (χ1) is 25.8. The third-order valence-corrected chi connectivity index (χ3v) is 10.3. The van der Waals surface area contributed by atoms with E-state index in [9.17, 15) is 19.0 Å². The molecule has 0 heterocycles. The molecule has 9 nitrogen and oxygen atoms in total. The van der Waals surface area contributed by atoms with Crippen LogP contribution in [-0.2, 0) is 32.7 Å². The second-order valence-electron chi connectivity index (χ2n) is 14.6. The number of esters is 2. The number of unbranched alkanes of at least 4 members (excludes halogenated alkanes) is 24. The molecule has 0 spiro atoms. The molecule has 3 N–H and O–H groups in total. The molecule has 0 aromatic carbocycles. The number of nitrogens with two attached hydrogens (primary N) is 1. The van der Waals surface area contributed by atoms with Crippen LogP contribution in [0.3, 0.4) is 0 Å². The molecule has 312 valence electrons. The number of carbonyl (C=O) groups excluding carboxylic acids is 2. The number of hydrogen-bond acceptors (Lipinski definition) is 8. The van der Waals surface area contributed by atoms with Gasteiger partial charge < -0.3 is 20.1 Å². The number of rotatable bonds is 41. The van der Waals surface area contributed by atoms with Gasteiger partial charge in [-0.3, -0.25) is 18.6 Å². The Morgan fingerprint density at radius 2 is 0.962 bits per heavy atom. The van der Waals surface area contributed by atoms with Crippen LogP contribution >= 0.6 is 7.82 Å². The van der Waals surface area contributed by atoms with E-state index in [2.05, 4.69) is 38.2 Å². The van der Waals surface area contributed by atoms with Gasteiger partial charge in [-0.2, -0.15) is 0 Å². The standard InChI is InChI=1S/C43H82NO8P/c1-3-5-7-9-11-13-14-15-16-17-18-19-20-21-22-23-24-25-26-28-30-32-34-36-43(46)52-41(40-51-53(47,48)50-38-37-44)39-49-42(45)35-33-31-29-27-12-10-8-6-4-2/h23-24,28,30,41H,3-22,25-27,29,31-40,44H2,1-2H3,(H,47,48)/b24-23+,30-28+/t41-/m1/s1. The molecule has 0 saturated heterocycles. The maximum atomic E-state index is 12.5. The number of carbonyl (C=O) groups is 2. The predicted octanol–water partition coefficient (Wildman–Crippen LogP) is 12.4. The van der Waals surface area contributed by atoms with Gasteiger partial charge in [0.15, 0.2) is 6.10 Å². The van der Waals surface area contributed by atoms with Crippen molar-refractivity contribution < 1.29 is 37.6 Å². The van der Waals surface area contributed by atoms with Crippen molar-refractivity contribution in [3.8, 4) is 0 Å². The Morgan fingerprint density at radius 3 is 1.45 bits per heavy atom. The monoisotopic (exact) mass is 772 g/mol. The van der Waals surface area contributed by atoms with Gasteiger partial charge in [-0.25, -0.2) is 4.57 Å². The normalized spacial score (nSPS) is 13.5. The molecule has 0 fully saturated rings. The van der Waals surface area contributed by atoms with E-state index in [4.69, 9.17) is 24.3 Å². The fourth-order valence-corrected chi connectivity index (χ4v) is 6.83. The first-order valence-corrected chi connectivity index (χ1v) is 23.3. The van der Waals surface area contributed by atoms with Crippen LogP contribution in [0.4, 0.5) is 0 Å². The second kappa shape index (κ2) is 40.2. The summed E-state index contributed by atoms with van der Waals surface area (Å²) in [5.74, 6) is -0.876. The van der Waals surface area contributed by atoms with E-state index in [0.717, 1.165) is 44.9 Å². The van der Waals surface area contributed by atoms with Gasteiger partial charge in [-0.05, 0) is 44.9 Å². The Bertz CT molecular complexity index is 928. The van der Waals surface area contributed by atoms with E-state index in [1.54, 1.807) is 0 Å². The van der Waals surface area contributed by atoms with Crippen LogP contribution in [-0.4, -0.2) is 49.3 Å². The van der Waals surface area contributed by atoms with Crippen LogP contribution in [0.2, 0.25) is 0 Å². The van der Waals surface area contributed by atoms with Gasteiger partial charge in [0.25, 0.3) is 0 Å². The number of hydrogen-bond donors (Lipinski definition) is 2. The average molecular weight is 772 g/mol. The quantitative estimate of drug-likeness (QED) is 0.0269. The number of phosphoric ester groups is 1. The van der Waals surface area contributed by atoms with E-state index in [-0.39, 0.29) is 32.6 Å². The van der Waals surface area contributed by atoms with E-state index in [1.807, 2.05) is 0 Å². The van der Waals surface area contributed by atoms with E-state index in [0.29, 0.717) is 6.42 Å². The lowest BCUT2D eigenvalue weighted by Crippen LogP contribution is -2.29. The van der Waals surface area contributed by atoms with Crippen molar-refractivity contribution >= 4 is 19.8 Å². The SMILES string of the molecule is CCCCCCCCCCCCCCCC/C=C/CC/C=C/CCCC(=O)O[C@H](COC(=O)CCCCCCCCCCC)COP(=O)(O)OCCN. The summed E-state index contributed by atoms with van der Waals surface area (Å²) < 4.78 is 32.6. The molecule has 0 aromatic rings. The number of phosphoric acid groups is 1. The van der Waals surface area contributed by atoms with Crippen LogP contribution in [0.5, 0.6) is 0 Å². The molecule has 0 aliphatic rings. The third kappa shape index (κ3) is 40.0. The number of ether oxygens (including phenoxy) is 2. The van der Waals surface area contributed by atoms with Crippen LogP contribution in [0.1, 0.15) is 206 Å². The number of allylic oxidation sites excluding steroid dienone is 4. The van der Waals surface area contributed by atoms with Crippen LogP contribution in [0, 0.1) is 0 Å². The average Bonchev–Trinajstić information content (AvgIpc) is 3.14. The molecule has 0 saturated carbocycles. The molecule has 0 bridgehead atoms. The van der Waals surface area contributed by atoms with Crippen LogP contribution < -0.4 is 5.73 Å². The van der Waals surface area contributed by atoms with Gasteiger partial charge in [0.05, 0.1) is 13.2 Å². The lowest BCUT2D eigenvalue weighted by molar-refractivity contribution is -0.161. The summed E-state index contributed by atoms with van der Waals surface area (Å²) in [4.78, 5) is 34.7. The zero-order valence-electron chi connectivity index (χ0n) is 34.3. The summed E-state index contributed by atoms with van der Waals surface area (Å²) in [5, 5.41) is 0. The molecule has 0 aromatic heterocycles. The molecule has 0 rings (SSSR count). The molecular weight excluding hydrogens is 689 g/mol. The van der Waals surface area contributed by atoms with Gasteiger partial charge >= 0.3 is 19.8 Å². The maximum absolute atomic E-state index is 12.5. The highest BCUT2D eigenvalue weighted by atomic mass is 31.2. The zero-order valence-corrected chi connectivity index (χ0v) is 35.2. The molecule has 0 aliphatic carbocycles. The molecule has 0 amide bonds. The largest absolute Gasteiger partial charge is 0.472 e. The minimum absolute atomic E-state index is 0.0491. The zero-order chi connectivity index (χ0) is 38.9. The smallest absolute Gasteiger partial charge is 0.462 e. The van der Waals surface area contributed by atoms with Crippen molar-refractivity contribution in [3.05, 3.63) is 24.3 Å². The van der Waals surface area contributed by atoms with Gasteiger partial charge in [0, 0.05) is 19.4 Å². The van der Waals surface area contributed by atoms with Gasteiger partial charge in [0.1, 0.15) is 6.61 Å². The van der Waals surface area contributed by atoms with E-state index < -0.39 is 32.5 Å². The van der Waals surface area contributed by atoms with Crippen LogP contribution in [0.15, 0.2) is 24.3 Å². The Hall–Kier alpha value is -1.51. The molecule has 0 radical (unpaired) electrons. The Kier molecular flexibility index (Phi) is 39.0. The summed E-state index contributed by atoms with van der Waals surface area (Å²) in [5.41, 5.74) is 5.33. The molecule has 0 aliphatic heterocycles. The van der Waals surface area contributed by atoms with Gasteiger partial charge in [0.2, 0.25) is 0 Å². The van der Waals surface area contributed by atoms with Crippen molar-refractivity contribution in [2.75, 3.05) is 26.4 Å². The van der Waals surface area contributed by atoms with E-state index >= 15 is 0 Å². The first-order valence-electron chi connectivity index (χ1n) is 21.8. The highest BCUT2D eigenvalue weighted by Gasteiger charge is 2.25. The van der Waals surface area contributed by atoms with Crippen molar-refractivity contribution in [3.63, 3.8) is 0 Å². The minimum Gasteiger partial charge on any atom is -0.462 e. The molecule has 53 heavy (non-hydrogen) atoms. The minimum atomic E-state index is -4.38. The Morgan fingerprint density at radius 1 is 0.547 bits per heavy atom. The molecule has 1 unspecified atom stereocenters. The molecule has 10 heteroatoms. The summed E-state index contributed by atoms with van der Waals surface area (Å²) >= 11 is 0. The molecular formula is C43H82NO8P. The Labute approximate surface area is 325 Å². The highest BCUT2D eigenvalue weighted by molar-refractivity contribution is 7.47. The van der Waals surface area contributed by atoms with Gasteiger partial charge in [-0.1, -0.05) is 173 Å². The first kappa shape index (κ1) is 51.5. The van der Waals surface area contributed by atoms with E-state index in [1.165, 1.54) is 128 Å². The summed E-state index contributed by atoms with van der Waals surface area (Å²) in [7, 11) is -4.38. The second-order valence-corrected chi connectivity index (χ2v) is 16.0. The summed E-state index contributed by atoms with van der Waals surface area (Å²) in [6.07, 6.45) is 42.4. The topological polar surface area (TPSA) is 134 Å². The molecule has 2 atom stereocenters. The van der Waals surface area contributed by atoms with Crippen molar-refractivity contribution in [1.82, 2.24) is 0 Å². The maximum Gasteiger partial charge on any atom is 0.472 e. The van der Waals surface area contributed by atoms with Crippen LogP contribution in [0.25, 0.3) is 0 Å². The summed E-state index contributed by atoms with van der Waals surface area (Å²) in [6.45, 7) is 3.68. The predicted molar refractivity (Wildman–Crippen MR) is 220 cm³/mol. The van der Waals surface area contributed by atoms with Crippen molar-refractivity contribution in [1.29, 1.82) is 0 Å². The third-order valence-electron chi connectivity index (χ3n) is 9.32. The fraction of sp³-hybridized carbons (Fsp3) is 0.860. The highest BCUT2D eigenvalue weighted by Crippen LogP contribution is 2.43. The van der Waals surface area contributed by atoms with Gasteiger partial charge in [-0.15, -0.1) is 0 Å². The lowest BCUT2D eigenvalue weighted by atomic mass is 10.0. The Balaban J connectivity index is 4.09.